The van der Waals surface area contributed by atoms with Gasteiger partial charge in [0, 0.05) is 0 Å². The number of nitrogens with one attached hydrogen (secondary N) is 1. The Balaban J connectivity index is 4.00. The van der Waals surface area contributed by atoms with Gasteiger partial charge in [0.2, 0.25) is 0 Å². The monoisotopic (exact) mass is 203 g/mol. The zero-order valence-corrected chi connectivity index (χ0v) is 8.96. The first-order chi connectivity index (χ1) is 6.25. The van der Waals surface area contributed by atoms with Crippen LogP contribution in [0.5, 0.6) is 0 Å². The third-order valence-electron chi connectivity index (χ3n) is 1.50. The normalized spacial score (nSPS) is 11.2. The van der Waals surface area contributed by atoms with Crippen LogP contribution in [-0.4, -0.2) is 29.3 Å². The first-order valence-electron chi connectivity index (χ1n) is 4.44. The summed E-state index contributed by atoms with van der Waals surface area (Å²) in [6.07, 6.45) is -0.703. The molecule has 0 aromatic rings. The first-order valence-corrected chi connectivity index (χ1v) is 4.44. The van der Waals surface area contributed by atoms with Crippen molar-refractivity contribution >= 4 is 12.1 Å². The Kier molecular flexibility index (Phi) is 4.40. The van der Waals surface area contributed by atoms with Crippen molar-refractivity contribution in [2.75, 3.05) is 6.61 Å². The van der Waals surface area contributed by atoms with Crippen LogP contribution in [0.4, 0.5) is 4.79 Å². The molecule has 0 spiro atoms. The van der Waals surface area contributed by atoms with E-state index in [1.807, 2.05) is 13.8 Å². The third-order valence-corrected chi connectivity index (χ3v) is 1.50. The van der Waals surface area contributed by atoms with Crippen LogP contribution in [0.2, 0.25) is 0 Å². The molecular formula is C9H17NO4. The number of rotatable bonds is 4. The molecule has 0 aliphatic rings. The van der Waals surface area contributed by atoms with Crippen LogP contribution in [0.1, 0.15) is 27.7 Å². The number of hydrogen-bond donors (Lipinski definition) is 2. The highest BCUT2D eigenvalue weighted by atomic mass is 16.5. The van der Waals surface area contributed by atoms with Gasteiger partial charge in [-0.25, -0.2) is 9.59 Å². The fourth-order valence-electron chi connectivity index (χ4n) is 0.587. The molecule has 0 radical (unpaired) electrons. The summed E-state index contributed by atoms with van der Waals surface area (Å²) in [5.41, 5.74) is -1.30. The van der Waals surface area contributed by atoms with Gasteiger partial charge in [0.1, 0.15) is 5.54 Å². The molecule has 0 fully saturated rings. The van der Waals surface area contributed by atoms with Crippen molar-refractivity contribution in [3.8, 4) is 0 Å². The second-order valence-electron chi connectivity index (χ2n) is 4.05. The highest BCUT2D eigenvalue weighted by Crippen LogP contribution is 2.02. The molecule has 0 saturated heterocycles. The van der Waals surface area contributed by atoms with Crippen LogP contribution >= 0.6 is 0 Å². The summed E-state index contributed by atoms with van der Waals surface area (Å²) in [5.74, 6) is -0.868. The Labute approximate surface area is 83.4 Å². The van der Waals surface area contributed by atoms with E-state index in [0.29, 0.717) is 0 Å². The second kappa shape index (κ2) is 4.83. The Morgan fingerprint density at radius 1 is 1.43 bits per heavy atom. The smallest absolute Gasteiger partial charge is 0.408 e. The fourth-order valence-corrected chi connectivity index (χ4v) is 0.587. The van der Waals surface area contributed by atoms with Crippen molar-refractivity contribution in [3.05, 3.63) is 0 Å². The quantitative estimate of drug-likeness (QED) is 0.720. The maximum atomic E-state index is 11.1. The Hall–Kier alpha value is -1.26. The van der Waals surface area contributed by atoms with Crippen molar-refractivity contribution in [1.82, 2.24) is 5.32 Å². The van der Waals surface area contributed by atoms with Gasteiger partial charge in [0.05, 0.1) is 6.61 Å². The molecule has 14 heavy (non-hydrogen) atoms. The summed E-state index contributed by atoms with van der Waals surface area (Å²) in [5, 5.41) is 10.9. The molecule has 0 heterocycles. The molecule has 5 nitrogen and oxygen atoms in total. The lowest BCUT2D eigenvalue weighted by molar-refractivity contribution is -0.143. The minimum absolute atomic E-state index is 0.230. The molecule has 0 aromatic carbocycles. The summed E-state index contributed by atoms with van der Waals surface area (Å²) < 4.78 is 4.78. The highest BCUT2D eigenvalue weighted by Gasteiger charge is 2.29. The van der Waals surface area contributed by atoms with Gasteiger partial charge in [0.15, 0.2) is 0 Å². The largest absolute Gasteiger partial charge is 0.480 e. The zero-order valence-electron chi connectivity index (χ0n) is 8.96. The summed E-state index contributed by atoms with van der Waals surface area (Å²) in [6.45, 7) is 6.87. The van der Waals surface area contributed by atoms with E-state index >= 15 is 0 Å². The average Bonchev–Trinajstić information content (AvgIpc) is 1.99. The number of carboxylic acid groups (broad SMARTS) is 1. The van der Waals surface area contributed by atoms with Crippen molar-refractivity contribution in [2.45, 2.75) is 33.2 Å². The molecule has 0 atom stereocenters. The summed E-state index contributed by atoms with van der Waals surface area (Å²) in [7, 11) is 0. The van der Waals surface area contributed by atoms with Gasteiger partial charge in [-0.3, -0.25) is 0 Å². The van der Waals surface area contributed by atoms with Crippen LogP contribution in [-0.2, 0) is 9.53 Å². The summed E-state index contributed by atoms with van der Waals surface area (Å²) in [6, 6.07) is 0. The van der Waals surface area contributed by atoms with Gasteiger partial charge in [-0.05, 0) is 19.8 Å². The molecule has 5 heteroatoms. The Morgan fingerprint density at radius 3 is 2.29 bits per heavy atom. The summed E-state index contributed by atoms with van der Waals surface area (Å²) in [4.78, 5) is 21.7. The van der Waals surface area contributed by atoms with Crippen molar-refractivity contribution in [1.29, 1.82) is 0 Å². The molecule has 0 aliphatic carbocycles. The van der Waals surface area contributed by atoms with Crippen LogP contribution in [0.15, 0.2) is 0 Å². The van der Waals surface area contributed by atoms with E-state index in [1.54, 1.807) is 0 Å². The lowest BCUT2D eigenvalue weighted by atomic mass is 10.1. The molecule has 0 rings (SSSR count). The molecule has 0 aliphatic heterocycles. The Bertz CT molecular complexity index is 223. The maximum absolute atomic E-state index is 11.1. The van der Waals surface area contributed by atoms with E-state index < -0.39 is 17.6 Å². The minimum Gasteiger partial charge on any atom is -0.480 e. The number of hydrogen-bond acceptors (Lipinski definition) is 3. The van der Waals surface area contributed by atoms with Crippen molar-refractivity contribution < 1.29 is 19.4 Å². The molecule has 2 N–H and O–H groups in total. The highest BCUT2D eigenvalue weighted by molar-refractivity contribution is 5.83. The topological polar surface area (TPSA) is 75.6 Å². The Morgan fingerprint density at radius 2 is 1.93 bits per heavy atom. The molecule has 1 amide bonds. The minimum atomic E-state index is -1.30. The standard InChI is InChI=1S/C9H17NO4/c1-6(2)5-14-8(13)10-9(3,4)7(11)12/h6H,5H2,1-4H3,(H,10,13)(H,11,12). The second-order valence-corrected chi connectivity index (χ2v) is 4.05. The van der Waals surface area contributed by atoms with E-state index in [2.05, 4.69) is 5.32 Å². The molecular weight excluding hydrogens is 186 g/mol. The molecule has 82 valence electrons. The number of alkyl carbamates (subject to hydrolysis) is 1. The van der Waals surface area contributed by atoms with Gasteiger partial charge in [-0.2, -0.15) is 0 Å². The van der Waals surface area contributed by atoms with Crippen molar-refractivity contribution in [3.63, 3.8) is 0 Å². The van der Waals surface area contributed by atoms with Crippen LogP contribution in [0, 0.1) is 5.92 Å². The van der Waals surface area contributed by atoms with Gasteiger partial charge in [-0.1, -0.05) is 13.8 Å². The maximum Gasteiger partial charge on any atom is 0.408 e. The van der Waals surface area contributed by atoms with Gasteiger partial charge < -0.3 is 15.2 Å². The lowest BCUT2D eigenvalue weighted by Crippen LogP contribution is -2.50. The SMILES string of the molecule is CC(C)COC(=O)NC(C)(C)C(=O)O. The predicted octanol–water partition coefficient (Wildman–Crippen LogP) is 1.23. The summed E-state index contributed by atoms with van der Waals surface area (Å²) >= 11 is 0. The number of carboxylic acids is 1. The van der Waals surface area contributed by atoms with Gasteiger partial charge in [0.25, 0.3) is 0 Å². The van der Waals surface area contributed by atoms with E-state index in [9.17, 15) is 9.59 Å². The van der Waals surface area contributed by atoms with Gasteiger partial charge >= 0.3 is 12.1 Å². The van der Waals surface area contributed by atoms with Crippen LogP contribution < -0.4 is 5.32 Å². The van der Waals surface area contributed by atoms with E-state index in [-0.39, 0.29) is 12.5 Å². The van der Waals surface area contributed by atoms with E-state index in [0.717, 1.165) is 0 Å². The predicted molar refractivity (Wildman–Crippen MR) is 51.0 cm³/mol. The van der Waals surface area contributed by atoms with Crippen LogP contribution in [0.3, 0.4) is 0 Å². The number of carbonyl (C=O) groups excluding carboxylic acids is 1. The van der Waals surface area contributed by atoms with Crippen molar-refractivity contribution in [2.24, 2.45) is 5.92 Å². The first kappa shape index (κ1) is 12.7. The zero-order chi connectivity index (χ0) is 11.4. The van der Waals surface area contributed by atoms with Gasteiger partial charge in [-0.15, -0.1) is 0 Å². The number of aliphatic carboxylic acids is 1. The lowest BCUT2D eigenvalue weighted by Gasteiger charge is -2.20. The number of ether oxygens (including phenoxy) is 1. The molecule has 0 saturated carbocycles. The van der Waals surface area contributed by atoms with E-state index in [1.165, 1.54) is 13.8 Å². The molecule has 0 aromatic heterocycles. The average molecular weight is 203 g/mol. The third kappa shape index (κ3) is 4.69. The molecule has 0 unspecified atom stereocenters. The number of carbonyl (C=O) groups is 2. The number of amides is 1. The molecule has 0 bridgehead atoms. The van der Waals surface area contributed by atoms with E-state index in [4.69, 9.17) is 9.84 Å². The fraction of sp³-hybridized carbons (Fsp3) is 0.778. The van der Waals surface area contributed by atoms with Crippen LogP contribution in [0.25, 0.3) is 0 Å².